The van der Waals surface area contributed by atoms with Crippen LogP contribution in [-0.4, -0.2) is 48.6 Å². The summed E-state index contributed by atoms with van der Waals surface area (Å²) in [4.78, 5) is 26.3. The van der Waals surface area contributed by atoms with Gasteiger partial charge in [0.05, 0.1) is 6.54 Å². The lowest BCUT2D eigenvalue weighted by Gasteiger charge is -2.34. The molecule has 1 aromatic rings. The number of nitrogens with zero attached hydrogens (tertiary/aromatic N) is 1. The monoisotopic (exact) mass is 332 g/mol. The zero-order valence-corrected chi connectivity index (χ0v) is 14.0. The van der Waals surface area contributed by atoms with Gasteiger partial charge >= 0.3 is 11.8 Å². The van der Waals surface area contributed by atoms with E-state index >= 15 is 0 Å². The van der Waals surface area contributed by atoms with E-state index in [2.05, 4.69) is 12.2 Å². The molecule has 6 nitrogen and oxygen atoms in total. The topological polar surface area (TPSA) is 67.9 Å². The molecule has 2 atom stereocenters. The summed E-state index contributed by atoms with van der Waals surface area (Å²) in [5.41, 5.74) is 0. The predicted molar refractivity (Wildman–Crippen MR) is 89.0 cm³/mol. The molecule has 0 spiro atoms. The maximum Gasteiger partial charge on any atom is 0.312 e. The van der Waals surface area contributed by atoms with Gasteiger partial charge in [-0.05, 0) is 37.8 Å². The number of benzene rings is 1. The molecule has 130 valence electrons. The van der Waals surface area contributed by atoms with E-state index in [1.54, 1.807) is 4.90 Å². The number of ether oxygens (including phenoxy) is 2. The number of amides is 2. The van der Waals surface area contributed by atoms with Crippen LogP contribution in [0.5, 0.6) is 11.5 Å². The van der Waals surface area contributed by atoms with Crippen LogP contribution in [0.3, 0.4) is 0 Å². The quantitative estimate of drug-likeness (QED) is 0.856. The summed E-state index contributed by atoms with van der Waals surface area (Å²) in [5.74, 6) is 0.378. The highest BCUT2D eigenvalue weighted by Crippen LogP contribution is 2.30. The van der Waals surface area contributed by atoms with Crippen molar-refractivity contribution in [3.05, 3.63) is 24.3 Å². The van der Waals surface area contributed by atoms with Crippen molar-refractivity contribution in [2.45, 2.75) is 44.8 Å². The average Bonchev–Trinajstić information content (AvgIpc) is 2.65. The maximum absolute atomic E-state index is 12.4. The molecule has 3 rings (SSSR count). The summed E-state index contributed by atoms with van der Waals surface area (Å²) < 4.78 is 11.4. The molecule has 1 aromatic carbocycles. The molecule has 1 fully saturated rings. The standard InChI is InChI=1S/C18H24N2O4/c1-2-13-7-5-6-10-20(13)18(22)17(21)19-11-14-12-23-15-8-3-4-9-16(15)24-14/h3-4,8-9,13-14H,2,5-7,10-12H2,1H3,(H,19,21). The second kappa shape index (κ2) is 7.55. The minimum Gasteiger partial charge on any atom is -0.486 e. The van der Waals surface area contributed by atoms with Gasteiger partial charge in [-0.3, -0.25) is 9.59 Å². The van der Waals surface area contributed by atoms with Gasteiger partial charge in [0.15, 0.2) is 11.5 Å². The van der Waals surface area contributed by atoms with Gasteiger partial charge in [-0.2, -0.15) is 0 Å². The molecule has 2 aliphatic heterocycles. The first-order chi connectivity index (χ1) is 11.7. The highest BCUT2D eigenvalue weighted by Gasteiger charge is 2.30. The van der Waals surface area contributed by atoms with E-state index in [0.717, 1.165) is 25.7 Å². The summed E-state index contributed by atoms with van der Waals surface area (Å²) in [6, 6.07) is 7.60. The van der Waals surface area contributed by atoms with Crippen LogP contribution in [0.2, 0.25) is 0 Å². The fourth-order valence-electron chi connectivity index (χ4n) is 3.27. The molecule has 0 saturated carbocycles. The molecule has 0 radical (unpaired) electrons. The van der Waals surface area contributed by atoms with Crippen molar-refractivity contribution in [2.75, 3.05) is 19.7 Å². The van der Waals surface area contributed by atoms with Crippen molar-refractivity contribution >= 4 is 11.8 Å². The Hall–Kier alpha value is -2.24. The van der Waals surface area contributed by atoms with Crippen LogP contribution in [0, 0.1) is 0 Å². The Kier molecular flexibility index (Phi) is 5.23. The number of likely N-dealkylation sites (tertiary alicyclic amines) is 1. The van der Waals surface area contributed by atoms with E-state index in [1.807, 2.05) is 24.3 Å². The number of piperidine rings is 1. The highest BCUT2D eigenvalue weighted by atomic mass is 16.6. The fraction of sp³-hybridized carbons (Fsp3) is 0.556. The molecule has 0 aliphatic carbocycles. The smallest absolute Gasteiger partial charge is 0.312 e. The fourth-order valence-corrected chi connectivity index (χ4v) is 3.27. The molecule has 2 aliphatic rings. The number of rotatable bonds is 3. The lowest BCUT2D eigenvalue weighted by molar-refractivity contribution is -0.148. The molecule has 0 bridgehead atoms. The molecule has 1 saturated heterocycles. The van der Waals surface area contributed by atoms with Crippen LogP contribution in [0.4, 0.5) is 0 Å². The van der Waals surface area contributed by atoms with Crippen LogP contribution < -0.4 is 14.8 Å². The van der Waals surface area contributed by atoms with E-state index in [1.165, 1.54) is 0 Å². The second-order valence-corrected chi connectivity index (χ2v) is 6.26. The number of hydrogen-bond acceptors (Lipinski definition) is 4. The predicted octanol–water partition coefficient (Wildman–Crippen LogP) is 1.73. The van der Waals surface area contributed by atoms with Gasteiger partial charge < -0.3 is 19.7 Å². The van der Waals surface area contributed by atoms with Gasteiger partial charge in [0.25, 0.3) is 0 Å². The lowest BCUT2D eigenvalue weighted by Crippen LogP contribution is -2.51. The van der Waals surface area contributed by atoms with Gasteiger partial charge in [-0.25, -0.2) is 0 Å². The first-order valence-electron chi connectivity index (χ1n) is 8.66. The van der Waals surface area contributed by atoms with Crippen LogP contribution in [-0.2, 0) is 9.59 Å². The van der Waals surface area contributed by atoms with Crippen molar-refractivity contribution in [3.8, 4) is 11.5 Å². The number of carbonyl (C=O) groups is 2. The first kappa shape index (κ1) is 16.6. The lowest BCUT2D eigenvalue weighted by atomic mass is 10.00. The third-order valence-electron chi connectivity index (χ3n) is 4.61. The molecule has 24 heavy (non-hydrogen) atoms. The summed E-state index contributed by atoms with van der Waals surface area (Å²) >= 11 is 0. The third kappa shape index (κ3) is 3.63. The van der Waals surface area contributed by atoms with Crippen LogP contribution in [0.25, 0.3) is 0 Å². The number of nitrogens with one attached hydrogen (secondary N) is 1. The largest absolute Gasteiger partial charge is 0.486 e. The van der Waals surface area contributed by atoms with Crippen molar-refractivity contribution in [2.24, 2.45) is 0 Å². The normalized spacial score (nSPS) is 22.8. The van der Waals surface area contributed by atoms with Gasteiger partial charge in [0.2, 0.25) is 0 Å². The summed E-state index contributed by atoms with van der Waals surface area (Å²) in [6.07, 6.45) is 3.66. The van der Waals surface area contributed by atoms with Crippen LogP contribution in [0.15, 0.2) is 24.3 Å². The number of carbonyl (C=O) groups excluding carboxylic acids is 2. The van der Waals surface area contributed by atoms with E-state index < -0.39 is 11.8 Å². The number of para-hydroxylation sites is 2. The Morgan fingerprint density at radius 2 is 2.04 bits per heavy atom. The van der Waals surface area contributed by atoms with Crippen molar-refractivity contribution in [1.29, 1.82) is 0 Å². The minimum absolute atomic E-state index is 0.179. The zero-order chi connectivity index (χ0) is 16.9. The van der Waals surface area contributed by atoms with E-state index in [4.69, 9.17) is 9.47 Å². The van der Waals surface area contributed by atoms with Crippen LogP contribution >= 0.6 is 0 Å². The van der Waals surface area contributed by atoms with Crippen molar-refractivity contribution < 1.29 is 19.1 Å². The summed E-state index contributed by atoms with van der Waals surface area (Å²) in [6.45, 7) is 3.33. The Labute approximate surface area is 142 Å². The number of hydrogen-bond donors (Lipinski definition) is 1. The number of fused-ring (bicyclic) bond motifs is 1. The van der Waals surface area contributed by atoms with Crippen molar-refractivity contribution in [3.63, 3.8) is 0 Å². The van der Waals surface area contributed by atoms with Gasteiger partial charge in [-0.1, -0.05) is 19.1 Å². The van der Waals surface area contributed by atoms with E-state index in [-0.39, 0.29) is 18.7 Å². The van der Waals surface area contributed by atoms with Gasteiger partial charge in [-0.15, -0.1) is 0 Å². The van der Waals surface area contributed by atoms with Gasteiger partial charge in [0.1, 0.15) is 12.7 Å². The zero-order valence-electron chi connectivity index (χ0n) is 14.0. The van der Waals surface area contributed by atoms with Gasteiger partial charge in [0, 0.05) is 12.6 Å². The summed E-state index contributed by atoms with van der Waals surface area (Å²) in [7, 11) is 0. The first-order valence-corrected chi connectivity index (χ1v) is 8.66. The Bertz CT molecular complexity index is 604. The average molecular weight is 332 g/mol. The molecular weight excluding hydrogens is 308 g/mol. The van der Waals surface area contributed by atoms with Crippen LogP contribution in [0.1, 0.15) is 32.6 Å². The molecule has 0 aromatic heterocycles. The maximum atomic E-state index is 12.4. The van der Waals surface area contributed by atoms with E-state index in [9.17, 15) is 9.59 Å². The SMILES string of the molecule is CCC1CCCCN1C(=O)C(=O)NCC1COc2ccccc2O1. The summed E-state index contributed by atoms with van der Waals surface area (Å²) in [5, 5.41) is 2.69. The Morgan fingerprint density at radius 3 is 2.83 bits per heavy atom. The molecule has 2 unspecified atom stereocenters. The molecule has 2 heterocycles. The minimum atomic E-state index is -0.558. The molecule has 1 N–H and O–H groups in total. The van der Waals surface area contributed by atoms with E-state index in [0.29, 0.717) is 24.7 Å². The second-order valence-electron chi connectivity index (χ2n) is 6.26. The third-order valence-corrected chi connectivity index (χ3v) is 4.61. The Morgan fingerprint density at radius 1 is 1.25 bits per heavy atom. The Balaban J connectivity index is 1.51. The molecule has 2 amide bonds. The molecule has 6 heteroatoms. The molecular formula is C18H24N2O4. The van der Waals surface area contributed by atoms with Crippen molar-refractivity contribution in [1.82, 2.24) is 10.2 Å². The highest BCUT2D eigenvalue weighted by molar-refractivity contribution is 6.35.